The predicted octanol–water partition coefficient (Wildman–Crippen LogP) is 0.452. The number of aromatic nitrogens is 4. The summed E-state index contributed by atoms with van der Waals surface area (Å²) in [6.07, 6.45) is 5.99. The molecule has 0 spiro atoms. The number of imidazole rings is 1. The lowest BCUT2D eigenvalue weighted by Crippen LogP contribution is -2.14. The highest BCUT2D eigenvalue weighted by Crippen LogP contribution is 2.00. The molecule has 2 rings (SSSR count). The predicted molar refractivity (Wildman–Crippen MR) is 48.6 cm³/mol. The Balaban J connectivity index is 2.10. The summed E-state index contributed by atoms with van der Waals surface area (Å²) in [5, 5.41) is 2.56. The van der Waals surface area contributed by atoms with Crippen LogP contribution in [-0.4, -0.2) is 25.8 Å². The van der Waals surface area contributed by atoms with Gasteiger partial charge in [-0.1, -0.05) is 0 Å². The number of H-pyrrole nitrogens is 1. The van der Waals surface area contributed by atoms with Crippen molar-refractivity contribution in [1.29, 1.82) is 0 Å². The topological polar surface area (TPSA) is 83.6 Å². The monoisotopic (exact) mass is 189 g/mol. The van der Waals surface area contributed by atoms with E-state index in [9.17, 15) is 4.79 Å². The van der Waals surface area contributed by atoms with Gasteiger partial charge in [0.05, 0.1) is 0 Å². The molecule has 14 heavy (non-hydrogen) atoms. The number of aromatic amines is 1. The van der Waals surface area contributed by atoms with E-state index in [0.29, 0.717) is 5.82 Å². The number of carbonyl (C=O) groups excluding carboxylic acids is 1. The van der Waals surface area contributed by atoms with Crippen LogP contribution in [0.15, 0.2) is 31.0 Å². The van der Waals surface area contributed by atoms with Crippen molar-refractivity contribution in [2.24, 2.45) is 0 Å². The number of hydrogen-bond donors (Lipinski definition) is 2. The van der Waals surface area contributed by atoms with Crippen molar-refractivity contribution < 1.29 is 4.79 Å². The van der Waals surface area contributed by atoms with Crippen molar-refractivity contribution in [2.75, 3.05) is 5.32 Å². The van der Waals surface area contributed by atoms with E-state index in [0.717, 1.165) is 0 Å². The molecule has 2 aromatic rings. The van der Waals surface area contributed by atoms with Crippen LogP contribution < -0.4 is 5.32 Å². The fourth-order valence-corrected chi connectivity index (χ4v) is 0.930. The molecule has 70 valence electrons. The first-order chi connectivity index (χ1) is 6.86. The van der Waals surface area contributed by atoms with Crippen LogP contribution in [-0.2, 0) is 0 Å². The van der Waals surface area contributed by atoms with Gasteiger partial charge in [-0.05, 0) is 6.07 Å². The SMILES string of the molecule is O=C(Nc1ccncn1)c1ncc[nH]1. The summed E-state index contributed by atoms with van der Waals surface area (Å²) in [5.41, 5.74) is 0. The molecular weight excluding hydrogens is 182 g/mol. The van der Waals surface area contributed by atoms with Crippen molar-refractivity contribution in [1.82, 2.24) is 19.9 Å². The van der Waals surface area contributed by atoms with E-state index in [1.165, 1.54) is 12.5 Å². The van der Waals surface area contributed by atoms with Crippen LogP contribution in [0.3, 0.4) is 0 Å². The lowest BCUT2D eigenvalue weighted by atomic mass is 10.5. The summed E-state index contributed by atoms with van der Waals surface area (Å²) >= 11 is 0. The molecule has 0 aliphatic heterocycles. The average molecular weight is 189 g/mol. The van der Waals surface area contributed by atoms with E-state index in [2.05, 4.69) is 25.3 Å². The molecule has 1 amide bonds. The zero-order valence-electron chi connectivity index (χ0n) is 7.14. The molecule has 6 nitrogen and oxygen atoms in total. The number of hydrogen-bond acceptors (Lipinski definition) is 4. The maximum atomic E-state index is 11.4. The minimum atomic E-state index is -0.325. The third kappa shape index (κ3) is 1.74. The lowest BCUT2D eigenvalue weighted by Gasteiger charge is -1.99. The summed E-state index contributed by atoms with van der Waals surface area (Å²) in [6.45, 7) is 0. The van der Waals surface area contributed by atoms with Crippen LogP contribution in [0.25, 0.3) is 0 Å². The van der Waals surface area contributed by atoms with Crippen LogP contribution in [0.1, 0.15) is 10.6 Å². The molecule has 0 atom stereocenters. The summed E-state index contributed by atoms with van der Waals surface area (Å²) in [6, 6.07) is 1.60. The van der Waals surface area contributed by atoms with E-state index in [1.54, 1.807) is 18.5 Å². The normalized spacial score (nSPS) is 9.71. The smallest absolute Gasteiger partial charge is 0.292 e. The quantitative estimate of drug-likeness (QED) is 0.718. The number of anilines is 1. The lowest BCUT2D eigenvalue weighted by molar-refractivity contribution is 0.101. The van der Waals surface area contributed by atoms with Crippen LogP contribution in [0.4, 0.5) is 5.82 Å². The molecule has 0 saturated carbocycles. The Morgan fingerprint density at radius 1 is 1.36 bits per heavy atom. The van der Waals surface area contributed by atoms with Gasteiger partial charge in [-0.3, -0.25) is 4.79 Å². The molecule has 0 radical (unpaired) electrons. The number of nitrogens with one attached hydrogen (secondary N) is 2. The van der Waals surface area contributed by atoms with Crippen LogP contribution in [0.5, 0.6) is 0 Å². The second-order valence-corrected chi connectivity index (χ2v) is 2.49. The van der Waals surface area contributed by atoms with Gasteiger partial charge >= 0.3 is 0 Å². The van der Waals surface area contributed by atoms with Gasteiger partial charge in [-0.2, -0.15) is 0 Å². The molecule has 2 N–H and O–H groups in total. The Morgan fingerprint density at radius 3 is 2.93 bits per heavy atom. The molecule has 0 aliphatic rings. The molecule has 0 bridgehead atoms. The van der Waals surface area contributed by atoms with Gasteiger partial charge in [-0.15, -0.1) is 0 Å². The van der Waals surface area contributed by atoms with Gasteiger partial charge in [0.15, 0.2) is 5.82 Å². The van der Waals surface area contributed by atoms with Crippen molar-refractivity contribution in [2.45, 2.75) is 0 Å². The molecule has 0 fully saturated rings. The van der Waals surface area contributed by atoms with Gasteiger partial charge in [0.2, 0.25) is 0 Å². The molecule has 0 aromatic carbocycles. The van der Waals surface area contributed by atoms with Crippen molar-refractivity contribution in [3.63, 3.8) is 0 Å². The van der Waals surface area contributed by atoms with E-state index in [4.69, 9.17) is 0 Å². The van der Waals surface area contributed by atoms with Crippen LogP contribution in [0.2, 0.25) is 0 Å². The second-order valence-electron chi connectivity index (χ2n) is 2.49. The number of rotatable bonds is 2. The molecule has 2 aromatic heterocycles. The van der Waals surface area contributed by atoms with Gasteiger partial charge in [0, 0.05) is 18.6 Å². The summed E-state index contributed by atoms with van der Waals surface area (Å²) in [7, 11) is 0. The van der Waals surface area contributed by atoms with E-state index >= 15 is 0 Å². The van der Waals surface area contributed by atoms with Gasteiger partial charge in [0.1, 0.15) is 12.1 Å². The molecule has 2 heterocycles. The Morgan fingerprint density at radius 2 is 2.29 bits per heavy atom. The number of amides is 1. The number of nitrogens with zero attached hydrogens (tertiary/aromatic N) is 3. The average Bonchev–Trinajstić information content (AvgIpc) is 2.72. The third-order valence-electron chi connectivity index (χ3n) is 1.54. The highest BCUT2D eigenvalue weighted by molar-refractivity contribution is 6.00. The molecular formula is C8H7N5O. The maximum Gasteiger partial charge on any atom is 0.292 e. The zero-order chi connectivity index (χ0) is 9.80. The van der Waals surface area contributed by atoms with E-state index in [-0.39, 0.29) is 11.7 Å². The Kier molecular flexibility index (Phi) is 2.18. The fraction of sp³-hybridized carbons (Fsp3) is 0. The number of carbonyl (C=O) groups is 1. The highest BCUT2D eigenvalue weighted by Gasteiger charge is 2.07. The van der Waals surface area contributed by atoms with Crippen molar-refractivity contribution >= 4 is 11.7 Å². The summed E-state index contributed by atoms with van der Waals surface area (Å²) in [4.78, 5) is 25.5. The van der Waals surface area contributed by atoms with Crippen LogP contribution >= 0.6 is 0 Å². The Bertz CT molecular complexity index is 411. The first-order valence-corrected chi connectivity index (χ1v) is 3.93. The Labute approximate surface area is 79.4 Å². The van der Waals surface area contributed by atoms with E-state index in [1.807, 2.05) is 0 Å². The van der Waals surface area contributed by atoms with Gasteiger partial charge in [-0.25, -0.2) is 15.0 Å². The van der Waals surface area contributed by atoms with Crippen LogP contribution in [0, 0.1) is 0 Å². The molecule has 0 aliphatic carbocycles. The maximum absolute atomic E-state index is 11.4. The highest BCUT2D eigenvalue weighted by atomic mass is 16.2. The standard InChI is InChI=1S/C8H7N5O/c14-8(7-10-3-4-11-7)13-6-1-2-9-5-12-6/h1-5H,(H,10,11)(H,9,12,13,14). The molecule has 0 unspecified atom stereocenters. The third-order valence-corrected chi connectivity index (χ3v) is 1.54. The molecule has 6 heteroatoms. The second kappa shape index (κ2) is 3.65. The van der Waals surface area contributed by atoms with Gasteiger partial charge in [0.25, 0.3) is 5.91 Å². The summed E-state index contributed by atoms with van der Waals surface area (Å²) < 4.78 is 0. The van der Waals surface area contributed by atoms with E-state index < -0.39 is 0 Å². The minimum absolute atomic E-state index is 0.253. The fourth-order valence-electron chi connectivity index (χ4n) is 0.930. The first kappa shape index (κ1) is 8.36. The minimum Gasteiger partial charge on any atom is -0.341 e. The zero-order valence-corrected chi connectivity index (χ0v) is 7.14. The molecule has 0 saturated heterocycles. The van der Waals surface area contributed by atoms with Gasteiger partial charge < -0.3 is 10.3 Å². The van der Waals surface area contributed by atoms with Crippen molar-refractivity contribution in [3.8, 4) is 0 Å². The first-order valence-electron chi connectivity index (χ1n) is 3.93. The Hall–Kier alpha value is -2.24. The summed E-state index contributed by atoms with van der Waals surface area (Å²) in [5.74, 6) is 0.374. The van der Waals surface area contributed by atoms with Crippen molar-refractivity contribution in [3.05, 3.63) is 36.8 Å². The largest absolute Gasteiger partial charge is 0.341 e.